The summed E-state index contributed by atoms with van der Waals surface area (Å²) < 4.78 is 40.9. The fraction of sp³-hybridized carbons (Fsp3) is 0.538. The fourth-order valence-corrected chi connectivity index (χ4v) is 2.00. The van der Waals surface area contributed by atoms with Crippen molar-refractivity contribution in [3.05, 3.63) is 28.6 Å². The first-order valence-electron chi connectivity index (χ1n) is 6.65. The van der Waals surface area contributed by atoms with Gasteiger partial charge in [0, 0.05) is 10.6 Å². The van der Waals surface area contributed by atoms with E-state index in [9.17, 15) is 8.78 Å². The first-order valence-corrected chi connectivity index (χ1v) is 6.65. The van der Waals surface area contributed by atoms with E-state index in [0.29, 0.717) is 5.46 Å². The van der Waals surface area contributed by atoms with Crippen LogP contribution < -0.4 is 10.2 Å². The lowest BCUT2D eigenvalue weighted by molar-refractivity contribution is -0.0497. The number of alkyl halides is 2. The minimum absolute atomic E-state index is 0.121. The van der Waals surface area contributed by atoms with E-state index in [0.717, 1.165) is 0 Å². The normalized spacial score (nSPS) is 19.1. The molecule has 0 amide bonds. The molecule has 22 heavy (non-hydrogen) atoms. The largest absolute Gasteiger partial charge is 0.494 e. The molecule has 1 fully saturated rings. The van der Waals surface area contributed by atoms with Crippen LogP contribution in [0.3, 0.4) is 0 Å². The van der Waals surface area contributed by atoms with Crippen LogP contribution in [0.15, 0.2) is 23.3 Å². The summed E-state index contributed by atoms with van der Waals surface area (Å²) in [6.45, 7) is 4.52. The van der Waals surface area contributed by atoms with E-state index in [1.807, 2.05) is 27.7 Å². The van der Waals surface area contributed by atoms with E-state index >= 15 is 0 Å². The van der Waals surface area contributed by atoms with Crippen LogP contribution in [-0.4, -0.2) is 24.9 Å². The molecule has 0 aliphatic carbocycles. The Bertz CT molecular complexity index is 603. The molecule has 1 heterocycles. The van der Waals surface area contributed by atoms with Crippen molar-refractivity contribution in [1.29, 1.82) is 0 Å². The molecule has 0 saturated carbocycles. The Balaban J connectivity index is 2.38. The Hall–Kier alpha value is -1.83. The topological polar surface area (TPSA) is 76.5 Å². The molecule has 0 bridgehead atoms. The van der Waals surface area contributed by atoms with Crippen LogP contribution in [0.4, 0.5) is 14.5 Å². The SMILES string of the molecule is CC1(C)OB(c2cc(N=[N+]=[N-])cc(OC(F)F)c2)OC1(C)C. The maximum absolute atomic E-state index is 12.4. The second kappa shape index (κ2) is 5.76. The first-order chi connectivity index (χ1) is 10.1. The summed E-state index contributed by atoms with van der Waals surface area (Å²) in [6, 6.07) is 4.12. The molecule has 1 aromatic carbocycles. The highest BCUT2D eigenvalue weighted by molar-refractivity contribution is 6.62. The standard InChI is InChI=1S/C13H16BF2N3O3/c1-12(2)13(3,4)22-14(21-12)8-5-9(18-19-17)7-10(6-8)20-11(15)16/h5-7,11H,1-4H3. The smallest absolute Gasteiger partial charge is 0.435 e. The number of benzene rings is 1. The van der Waals surface area contributed by atoms with Crippen molar-refractivity contribution in [1.82, 2.24) is 0 Å². The Labute approximate surface area is 127 Å². The molecule has 118 valence electrons. The molecule has 1 aliphatic rings. The molecule has 0 atom stereocenters. The van der Waals surface area contributed by atoms with Crippen molar-refractivity contribution in [3.63, 3.8) is 0 Å². The van der Waals surface area contributed by atoms with Gasteiger partial charge >= 0.3 is 13.7 Å². The highest BCUT2D eigenvalue weighted by atomic mass is 19.3. The zero-order chi connectivity index (χ0) is 16.5. The number of ether oxygens (including phenoxy) is 1. The molecule has 9 heteroatoms. The maximum atomic E-state index is 12.4. The second-order valence-corrected chi connectivity index (χ2v) is 5.92. The molecule has 0 radical (unpaired) electrons. The number of halogens is 2. The quantitative estimate of drug-likeness (QED) is 0.369. The Morgan fingerprint density at radius 3 is 2.27 bits per heavy atom. The molecule has 0 spiro atoms. The van der Waals surface area contributed by atoms with Crippen LogP contribution in [-0.2, 0) is 9.31 Å². The molecule has 0 N–H and O–H groups in total. The molecule has 1 saturated heterocycles. The van der Waals surface area contributed by atoms with Crippen LogP contribution in [0.5, 0.6) is 5.75 Å². The van der Waals surface area contributed by atoms with Crippen LogP contribution in [0.25, 0.3) is 10.4 Å². The summed E-state index contributed by atoms with van der Waals surface area (Å²) in [5.74, 6) is -0.121. The molecular formula is C13H16BF2N3O3. The van der Waals surface area contributed by atoms with Crippen LogP contribution in [0.2, 0.25) is 0 Å². The Kier molecular flexibility index (Phi) is 4.33. The molecule has 0 aromatic heterocycles. The zero-order valence-electron chi connectivity index (χ0n) is 12.7. The van der Waals surface area contributed by atoms with Gasteiger partial charge < -0.3 is 14.0 Å². The van der Waals surface area contributed by atoms with Crippen molar-refractivity contribution in [2.24, 2.45) is 5.11 Å². The molecule has 6 nitrogen and oxygen atoms in total. The fourth-order valence-electron chi connectivity index (χ4n) is 2.00. The van der Waals surface area contributed by atoms with Gasteiger partial charge in [-0.05, 0) is 50.8 Å². The van der Waals surface area contributed by atoms with E-state index in [-0.39, 0.29) is 11.4 Å². The van der Waals surface area contributed by atoms with Crippen molar-refractivity contribution in [2.45, 2.75) is 45.5 Å². The van der Waals surface area contributed by atoms with Crippen molar-refractivity contribution < 1.29 is 22.8 Å². The number of hydrogen-bond donors (Lipinski definition) is 0. The number of azide groups is 1. The van der Waals surface area contributed by atoms with Gasteiger partial charge in [0.05, 0.1) is 11.2 Å². The lowest BCUT2D eigenvalue weighted by Gasteiger charge is -2.32. The lowest BCUT2D eigenvalue weighted by Crippen LogP contribution is -2.41. The monoisotopic (exact) mass is 311 g/mol. The van der Waals surface area contributed by atoms with Crippen molar-refractivity contribution in [2.75, 3.05) is 0 Å². The number of nitrogens with zero attached hydrogens (tertiary/aromatic N) is 3. The van der Waals surface area contributed by atoms with Gasteiger partial charge in [0.25, 0.3) is 0 Å². The minimum Gasteiger partial charge on any atom is -0.435 e. The molecule has 1 aliphatic heterocycles. The summed E-state index contributed by atoms with van der Waals surface area (Å²) >= 11 is 0. The van der Waals surface area contributed by atoms with E-state index < -0.39 is 24.9 Å². The predicted octanol–water partition coefficient (Wildman–Crippen LogP) is 3.53. The van der Waals surface area contributed by atoms with Crippen LogP contribution in [0.1, 0.15) is 27.7 Å². The van der Waals surface area contributed by atoms with Gasteiger partial charge in [-0.3, -0.25) is 0 Å². The summed E-state index contributed by atoms with van der Waals surface area (Å²) in [7, 11) is -0.765. The van der Waals surface area contributed by atoms with Gasteiger partial charge in [-0.1, -0.05) is 11.2 Å². The summed E-state index contributed by atoms with van der Waals surface area (Å²) in [6.07, 6.45) is 0. The third-order valence-electron chi connectivity index (χ3n) is 3.82. The Morgan fingerprint density at radius 1 is 1.18 bits per heavy atom. The van der Waals surface area contributed by atoms with E-state index in [4.69, 9.17) is 14.8 Å². The number of hydrogen-bond acceptors (Lipinski definition) is 4. The highest BCUT2D eigenvalue weighted by Gasteiger charge is 2.51. The third-order valence-corrected chi connectivity index (χ3v) is 3.82. The van der Waals surface area contributed by atoms with Crippen molar-refractivity contribution >= 4 is 18.3 Å². The van der Waals surface area contributed by atoms with Gasteiger partial charge in [0.2, 0.25) is 0 Å². The Morgan fingerprint density at radius 2 is 1.77 bits per heavy atom. The molecular weight excluding hydrogens is 295 g/mol. The minimum atomic E-state index is -2.98. The predicted molar refractivity (Wildman–Crippen MR) is 77.6 cm³/mol. The summed E-state index contributed by atoms with van der Waals surface area (Å²) in [5.41, 5.74) is 7.96. The van der Waals surface area contributed by atoms with Gasteiger partial charge in [0.1, 0.15) is 5.75 Å². The van der Waals surface area contributed by atoms with Crippen LogP contribution >= 0.6 is 0 Å². The van der Waals surface area contributed by atoms with Gasteiger partial charge in [0.15, 0.2) is 0 Å². The molecule has 0 unspecified atom stereocenters. The second-order valence-electron chi connectivity index (χ2n) is 5.92. The third kappa shape index (κ3) is 3.32. The summed E-state index contributed by atoms with van der Waals surface area (Å²) in [5, 5.41) is 3.42. The average molecular weight is 311 g/mol. The van der Waals surface area contributed by atoms with E-state index in [2.05, 4.69) is 14.8 Å². The average Bonchev–Trinajstić information content (AvgIpc) is 2.58. The zero-order valence-corrected chi connectivity index (χ0v) is 12.7. The first kappa shape index (κ1) is 16.5. The van der Waals surface area contributed by atoms with Gasteiger partial charge in [-0.15, -0.1) is 0 Å². The molecule has 2 rings (SSSR count). The van der Waals surface area contributed by atoms with Crippen LogP contribution in [0, 0.1) is 0 Å². The molecule has 1 aromatic rings. The number of rotatable bonds is 4. The van der Waals surface area contributed by atoms with E-state index in [1.165, 1.54) is 18.2 Å². The summed E-state index contributed by atoms with van der Waals surface area (Å²) in [4.78, 5) is 2.65. The highest BCUT2D eigenvalue weighted by Crippen LogP contribution is 2.37. The van der Waals surface area contributed by atoms with E-state index in [1.54, 1.807) is 0 Å². The van der Waals surface area contributed by atoms with Crippen molar-refractivity contribution in [3.8, 4) is 5.75 Å². The van der Waals surface area contributed by atoms with Gasteiger partial charge in [-0.2, -0.15) is 8.78 Å². The maximum Gasteiger partial charge on any atom is 0.494 e. The lowest BCUT2D eigenvalue weighted by atomic mass is 9.79. The van der Waals surface area contributed by atoms with Gasteiger partial charge in [-0.25, -0.2) is 0 Å².